The average Bonchev–Trinajstić information content (AvgIpc) is 2.66. The number of benzene rings is 1. The van der Waals surface area contributed by atoms with Crippen molar-refractivity contribution in [2.75, 3.05) is 0 Å². The van der Waals surface area contributed by atoms with Crippen molar-refractivity contribution in [3.05, 3.63) is 28.8 Å². The Morgan fingerprint density at radius 3 is 2.60 bits per heavy atom. The van der Waals surface area contributed by atoms with Gasteiger partial charge in [0.1, 0.15) is 11.4 Å². The normalized spacial score (nSPS) is 24.5. The number of unbranched alkanes of at least 4 members (excludes halogenated alkanes) is 2. The summed E-state index contributed by atoms with van der Waals surface area (Å²) in [6, 6.07) is 5.41. The molecule has 3 unspecified atom stereocenters. The molecule has 0 spiro atoms. The number of hydrogen-bond donors (Lipinski definition) is 1. The molecule has 1 saturated carbocycles. The number of hydrogen-bond acceptors (Lipinski definition) is 4. The lowest BCUT2D eigenvalue weighted by Crippen LogP contribution is -2.49. The fourth-order valence-electron chi connectivity index (χ4n) is 5.05. The zero-order valence-electron chi connectivity index (χ0n) is 18.4. The number of ether oxygens (including phenoxy) is 1. The number of aromatic hydroxyl groups is 1. The Labute approximate surface area is 178 Å². The Morgan fingerprint density at radius 2 is 2.07 bits per heavy atom. The molecule has 30 heavy (non-hydrogen) atoms. The van der Waals surface area contributed by atoms with Gasteiger partial charge in [0, 0.05) is 18.3 Å². The second-order valence-electron chi connectivity index (χ2n) is 9.00. The second-order valence-corrected chi connectivity index (χ2v) is 9.00. The van der Waals surface area contributed by atoms with E-state index in [1.165, 1.54) is 0 Å². The Kier molecular flexibility index (Phi) is 7.85. The van der Waals surface area contributed by atoms with Crippen LogP contribution in [0.2, 0.25) is 0 Å². The maximum Gasteiger partial charge on any atom is 0.293 e. The summed E-state index contributed by atoms with van der Waals surface area (Å²) in [5.74, 6) is -4.41. The van der Waals surface area contributed by atoms with E-state index in [1.807, 2.05) is 13.8 Å². The minimum Gasteiger partial charge on any atom is -0.507 e. The standard InChI is InChI=1S/C24H33F2NO3/c1-5-6-7-8-17-11-18(14-27)22(21(29)12-17)24(30-15-28)13-19(23(4,25)26)9-10-20(24)16(2)3/h11-12,15-16,19-20,29H,5-10,13H2,1-4H3. The van der Waals surface area contributed by atoms with Crippen molar-refractivity contribution in [1.82, 2.24) is 0 Å². The summed E-state index contributed by atoms with van der Waals surface area (Å²) in [5.41, 5.74) is -0.287. The molecule has 1 aliphatic rings. The predicted molar refractivity (Wildman–Crippen MR) is 111 cm³/mol. The molecular formula is C24H33F2NO3. The first kappa shape index (κ1) is 24.1. The predicted octanol–water partition coefficient (Wildman–Crippen LogP) is 6.09. The molecule has 1 aliphatic carbocycles. The fourth-order valence-corrected chi connectivity index (χ4v) is 5.05. The minimum atomic E-state index is -2.96. The van der Waals surface area contributed by atoms with E-state index in [0.29, 0.717) is 19.3 Å². The van der Waals surface area contributed by atoms with E-state index in [1.54, 1.807) is 12.1 Å². The third-order valence-electron chi connectivity index (χ3n) is 6.54. The van der Waals surface area contributed by atoms with E-state index in [0.717, 1.165) is 31.7 Å². The van der Waals surface area contributed by atoms with Crippen molar-refractivity contribution in [1.29, 1.82) is 5.26 Å². The third kappa shape index (κ3) is 4.94. The molecule has 1 fully saturated rings. The molecule has 4 nitrogen and oxygen atoms in total. The molecule has 2 rings (SSSR count). The Bertz CT molecular complexity index is 782. The van der Waals surface area contributed by atoms with Gasteiger partial charge in [-0.3, -0.25) is 4.79 Å². The fraction of sp³-hybridized carbons (Fsp3) is 0.667. The van der Waals surface area contributed by atoms with Crippen molar-refractivity contribution in [2.24, 2.45) is 17.8 Å². The topological polar surface area (TPSA) is 70.3 Å². The molecule has 0 heterocycles. The summed E-state index contributed by atoms with van der Waals surface area (Å²) < 4.78 is 34.2. The van der Waals surface area contributed by atoms with Crippen LogP contribution in [-0.2, 0) is 21.6 Å². The highest BCUT2D eigenvalue weighted by Crippen LogP contribution is 2.55. The lowest BCUT2D eigenvalue weighted by molar-refractivity contribution is -0.179. The molecule has 1 N–H and O–H groups in total. The van der Waals surface area contributed by atoms with Gasteiger partial charge in [-0.25, -0.2) is 8.78 Å². The van der Waals surface area contributed by atoms with Gasteiger partial charge in [-0.05, 0) is 56.2 Å². The molecule has 1 aromatic rings. The number of carbonyl (C=O) groups is 1. The molecule has 0 radical (unpaired) electrons. The lowest BCUT2D eigenvalue weighted by Gasteiger charge is -2.48. The van der Waals surface area contributed by atoms with Crippen LogP contribution in [0.25, 0.3) is 0 Å². The first-order valence-electron chi connectivity index (χ1n) is 10.9. The molecule has 0 aromatic heterocycles. The van der Waals surface area contributed by atoms with E-state index in [4.69, 9.17) is 4.74 Å². The smallest absolute Gasteiger partial charge is 0.293 e. The summed E-state index contributed by atoms with van der Waals surface area (Å²) in [7, 11) is 0. The summed E-state index contributed by atoms with van der Waals surface area (Å²) in [5, 5.41) is 20.8. The van der Waals surface area contributed by atoms with Crippen LogP contribution in [0.15, 0.2) is 12.1 Å². The van der Waals surface area contributed by atoms with Gasteiger partial charge >= 0.3 is 0 Å². The molecule has 3 atom stereocenters. The van der Waals surface area contributed by atoms with Crippen molar-refractivity contribution in [3.63, 3.8) is 0 Å². The van der Waals surface area contributed by atoms with Crippen LogP contribution >= 0.6 is 0 Å². The second kappa shape index (κ2) is 9.76. The van der Waals surface area contributed by atoms with Gasteiger partial charge in [-0.1, -0.05) is 33.6 Å². The van der Waals surface area contributed by atoms with E-state index >= 15 is 0 Å². The van der Waals surface area contributed by atoms with Gasteiger partial charge < -0.3 is 9.84 Å². The summed E-state index contributed by atoms with van der Waals surface area (Å²) in [4.78, 5) is 11.6. The van der Waals surface area contributed by atoms with Gasteiger partial charge in [-0.2, -0.15) is 5.26 Å². The molecule has 0 aliphatic heterocycles. The van der Waals surface area contributed by atoms with Crippen LogP contribution < -0.4 is 0 Å². The largest absolute Gasteiger partial charge is 0.507 e. The number of phenols is 1. The number of nitrogens with zero attached hydrogens (tertiary/aromatic N) is 1. The van der Waals surface area contributed by atoms with Crippen LogP contribution in [0.4, 0.5) is 8.78 Å². The van der Waals surface area contributed by atoms with Crippen LogP contribution in [0.3, 0.4) is 0 Å². The van der Waals surface area contributed by atoms with Crippen molar-refractivity contribution < 1.29 is 23.4 Å². The number of aryl methyl sites for hydroxylation is 1. The Hall–Kier alpha value is -2.16. The lowest BCUT2D eigenvalue weighted by atomic mass is 9.62. The van der Waals surface area contributed by atoms with Gasteiger partial charge in [-0.15, -0.1) is 0 Å². The molecular weight excluding hydrogens is 388 g/mol. The zero-order chi connectivity index (χ0) is 22.5. The summed E-state index contributed by atoms with van der Waals surface area (Å²) >= 11 is 0. The van der Waals surface area contributed by atoms with Gasteiger partial charge in [0.05, 0.1) is 17.2 Å². The van der Waals surface area contributed by atoms with Gasteiger partial charge in [0.2, 0.25) is 5.92 Å². The number of halogens is 2. The SMILES string of the molecule is CCCCCc1cc(O)c(C2(OC=O)CC(C(C)(F)F)CCC2C(C)C)c(C#N)c1. The van der Waals surface area contributed by atoms with E-state index in [2.05, 4.69) is 13.0 Å². The number of alkyl halides is 2. The molecule has 1 aromatic carbocycles. The van der Waals surface area contributed by atoms with Crippen molar-refractivity contribution >= 4 is 6.47 Å². The summed E-state index contributed by atoms with van der Waals surface area (Å²) in [6.45, 7) is 7.12. The first-order valence-corrected chi connectivity index (χ1v) is 10.9. The molecule has 0 amide bonds. The van der Waals surface area contributed by atoms with E-state index in [-0.39, 0.29) is 41.6 Å². The van der Waals surface area contributed by atoms with Crippen LogP contribution in [0.1, 0.15) is 82.9 Å². The number of phenolic OH excluding ortho intramolecular Hbond substituents is 1. The van der Waals surface area contributed by atoms with Gasteiger partial charge in [0.15, 0.2) is 0 Å². The van der Waals surface area contributed by atoms with E-state index in [9.17, 15) is 23.9 Å². The Balaban J connectivity index is 2.65. The number of nitriles is 1. The highest BCUT2D eigenvalue weighted by molar-refractivity contribution is 5.54. The molecule has 0 saturated heterocycles. The highest BCUT2D eigenvalue weighted by atomic mass is 19.3. The van der Waals surface area contributed by atoms with E-state index < -0.39 is 17.4 Å². The maximum atomic E-state index is 14.3. The average molecular weight is 422 g/mol. The summed E-state index contributed by atoms with van der Waals surface area (Å²) in [6.07, 6.45) is 4.31. The maximum absolute atomic E-state index is 14.3. The highest BCUT2D eigenvalue weighted by Gasteiger charge is 2.54. The quantitative estimate of drug-likeness (QED) is 0.387. The molecule has 0 bridgehead atoms. The van der Waals surface area contributed by atoms with Crippen molar-refractivity contribution in [3.8, 4) is 11.8 Å². The Morgan fingerprint density at radius 1 is 1.37 bits per heavy atom. The van der Waals surface area contributed by atoms with Crippen LogP contribution in [0.5, 0.6) is 5.75 Å². The van der Waals surface area contributed by atoms with Gasteiger partial charge in [0.25, 0.3) is 6.47 Å². The number of rotatable bonds is 9. The molecule has 6 heteroatoms. The third-order valence-corrected chi connectivity index (χ3v) is 6.54. The van der Waals surface area contributed by atoms with Crippen LogP contribution in [0, 0.1) is 29.1 Å². The van der Waals surface area contributed by atoms with Crippen molar-refractivity contribution in [2.45, 2.75) is 84.2 Å². The molecule has 166 valence electrons. The number of carbonyl (C=O) groups excluding carboxylic acids is 1. The monoisotopic (exact) mass is 421 g/mol. The first-order chi connectivity index (χ1) is 14.1. The zero-order valence-corrected chi connectivity index (χ0v) is 18.4. The van der Waals surface area contributed by atoms with Crippen LogP contribution in [-0.4, -0.2) is 17.5 Å². The minimum absolute atomic E-state index is 0.00607.